The lowest BCUT2D eigenvalue weighted by molar-refractivity contribution is -0.383. The number of rotatable bonds is 6. The molecule has 3 N–H and O–H groups in total. The Hall–Kier alpha value is -1.86. The molecule has 0 aliphatic carbocycles. The largest absolute Gasteiger partial charge is 0.394 e. The average molecular weight is 281 g/mol. The van der Waals surface area contributed by atoms with Gasteiger partial charge in [0.25, 0.3) is 5.69 Å². The van der Waals surface area contributed by atoms with E-state index in [-0.39, 0.29) is 18.8 Å². The van der Waals surface area contributed by atoms with Crippen LogP contribution in [0.3, 0.4) is 0 Å². The molecule has 0 saturated carbocycles. The molecule has 110 valence electrons. The second-order valence-corrected chi connectivity index (χ2v) is 4.87. The van der Waals surface area contributed by atoms with Gasteiger partial charge in [-0.2, -0.15) is 0 Å². The summed E-state index contributed by atoms with van der Waals surface area (Å²) in [5, 5.41) is 32.0. The van der Waals surface area contributed by atoms with Crippen molar-refractivity contribution < 1.29 is 15.1 Å². The second-order valence-electron chi connectivity index (χ2n) is 4.87. The third-order valence-corrected chi connectivity index (χ3v) is 3.39. The molecule has 1 aromatic rings. The fraction of sp³-hybridized carbons (Fsp3) is 0.538. The number of aliphatic hydroxyl groups is 2. The minimum absolute atomic E-state index is 0.0143. The van der Waals surface area contributed by atoms with Crippen molar-refractivity contribution in [3.8, 4) is 0 Å². The molecule has 1 fully saturated rings. The first kappa shape index (κ1) is 14.5. The SMILES string of the molecule is O=[N+]([O-])c1cc(N2CCCC2)ccc1NCC(O)CO. The fourth-order valence-electron chi connectivity index (χ4n) is 2.28. The van der Waals surface area contributed by atoms with E-state index in [2.05, 4.69) is 10.2 Å². The quantitative estimate of drug-likeness (QED) is 0.530. The standard InChI is InChI=1S/C13H19N3O4/c17-9-11(18)8-14-12-4-3-10(7-13(12)16(19)20)15-5-1-2-6-15/h3-4,7,11,14,17-18H,1-2,5-6,8-9H2. The summed E-state index contributed by atoms with van der Waals surface area (Å²) in [5.41, 5.74) is 1.19. The van der Waals surface area contributed by atoms with E-state index in [0.717, 1.165) is 31.6 Å². The highest BCUT2D eigenvalue weighted by molar-refractivity contribution is 5.68. The highest BCUT2D eigenvalue weighted by Gasteiger charge is 2.19. The van der Waals surface area contributed by atoms with Gasteiger partial charge in [-0.05, 0) is 25.0 Å². The van der Waals surface area contributed by atoms with E-state index in [1.165, 1.54) is 0 Å². The predicted octanol–water partition coefficient (Wildman–Crippen LogP) is 0.960. The molecule has 1 heterocycles. The Morgan fingerprint density at radius 2 is 2.10 bits per heavy atom. The molecule has 1 aliphatic heterocycles. The van der Waals surface area contributed by atoms with Crippen LogP contribution in [0.4, 0.5) is 17.1 Å². The molecule has 0 radical (unpaired) electrons. The maximum atomic E-state index is 11.1. The lowest BCUT2D eigenvalue weighted by atomic mass is 10.2. The summed E-state index contributed by atoms with van der Waals surface area (Å²) in [5.74, 6) is 0. The summed E-state index contributed by atoms with van der Waals surface area (Å²) >= 11 is 0. The number of aliphatic hydroxyl groups excluding tert-OH is 2. The summed E-state index contributed by atoms with van der Waals surface area (Å²) in [6.07, 6.45) is 1.28. The summed E-state index contributed by atoms with van der Waals surface area (Å²) in [6, 6.07) is 5.04. The van der Waals surface area contributed by atoms with E-state index in [1.807, 2.05) is 6.07 Å². The van der Waals surface area contributed by atoms with E-state index >= 15 is 0 Å². The molecule has 1 unspecified atom stereocenters. The summed E-state index contributed by atoms with van der Waals surface area (Å²) in [4.78, 5) is 12.8. The van der Waals surface area contributed by atoms with Gasteiger partial charge < -0.3 is 20.4 Å². The van der Waals surface area contributed by atoms with Gasteiger partial charge in [-0.15, -0.1) is 0 Å². The van der Waals surface area contributed by atoms with Crippen LogP contribution >= 0.6 is 0 Å². The Morgan fingerprint density at radius 3 is 2.70 bits per heavy atom. The first-order valence-corrected chi connectivity index (χ1v) is 6.68. The molecule has 20 heavy (non-hydrogen) atoms. The van der Waals surface area contributed by atoms with Crippen molar-refractivity contribution in [1.82, 2.24) is 0 Å². The van der Waals surface area contributed by atoms with Crippen LogP contribution in [0.5, 0.6) is 0 Å². The Labute approximate surface area is 117 Å². The highest BCUT2D eigenvalue weighted by Crippen LogP contribution is 2.31. The van der Waals surface area contributed by atoms with Crippen molar-refractivity contribution in [3.63, 3.8) is 0 Å². The van der Waals surface area contributed by atoms with Crippen molar-refractivity contribution in [2.24, 2.45) is 0 Å². The van der Waals surface area contributed by atoms with E-state index in [1.54, 1.807) is 12.1 Å². The second kappa shape index (κ2) is 6.53. The van der Waals surface area contributed by atoms with Crippen molar-refractivity contribution in [2.75, 3.05) is 36.5 Å². The van der Waals surface area contributed by atoms with Crippen molar-refractivity contribution in [3.05, 3.63) is 28.3 Å². The highest BCUT2D eigenvalue weighted by atomic mass is 16.6. The topological polar surface area (TPSA) is 98.9 Å². The first-order chi connectivity index (χ1) is 9.61. The average Bonchev–Trinajstić information content (AvgIpc) is 2.98. The lowest BCUT2D eigenvalue weighted by Crippen LogP contribution is -2.23. The maximum absolute atomic E-state index is 11.1. The molecule has 0 bridgehead atoms. The molecule has 7 heteroatoms. The number of hydrogen-bond donors (Lipinski definition) is 3. The minimum Gasteiger partial charge on any atom is -0.394 e. The number of nitro groups is 1. The van der Waals surface area contributed by atoms with Gasteiger partial charge in [0.2, 0.25) is 0 Å². The minimum atomic E-state index is -0.937. The molecule has 2 rings (SSSR count). The van der Waals surface area contributed by atoms with Crippen LogP contribution in [0, 0.1) is 10.1 Å². The van der Waals surface area contributed by atoms with Gasteiger partial charge in [-0.3, -0.25) is 10.1 Å². The van der Waals surface area contributed by atoms with Crippen LogP contribution in [0.15, 0.2) is 18.2 Å². The molecule has 1 atom stereocenters. The first-order valence-electron chi connectivity index (χ1n) is 6.68. The zero-order chi connectivity index (χ0) is 14.5. The Morgan fingerprint density at radius 1 is 1.40 bits per heavy atom. The van der Waals surface area contributed by atoms with Gasteiger partial charge in [0.1, 0.15) is 5.69 Å². The van der Waals surface area contributed by atoms with E-state index in [0.29, 0.717) is 5.69 Å². The normalized spacial score (nSPS) is 16.2. The number of hydrogen-bond acceptors (Lipinski definition) is 6. The summed E-state index contributed by atoms with van der Waals surface area (Å²) in [7, 11) is 0. The van der Waals surface area contributed by atoms with Gasteiger partial charge >= 0.3 is 0 Å². The smallest absolute Gasteiger partial charge is 0.294 e. The van der Waals surface area contributed by atoms with Gasteiger partial charge in [0.15, 0.2) is 0 Å². The van der Waals surface area contributed by atoms with Crippen LogP contribution in [0.25, 0.3) is 0 Å². The molecule has 0 spiro atoms. The van der Waals surface area contributed by atoms with Crippen LogP contribution in [-0.4, -0.2) is 47.5 Å². The Bertz CT molecular complexity index is 475. The van der Waals surface area contributed by atoms with Crippen molar-refractivity contribution >= 4 is 17.1 Å². The number of nitro benzene ring substituents is 1. The molecule has 1 saturated heterocycles. The molecule has 0 amide bonds. The van der Waals surface area contributed by atoms with Crippen LogP contribution < -0.4 is 10.2 Å². The maximum Gasteiger partial charge on any atom is 0.294 e. The van der Waals surface area contributed by atoms with E-state index in [9.17, 15) is 15.2 Å². The summed E-state index contributed by atoms with van der Waals surface area (Å²) in [6.45, 7) is 1.54. The lowest BCUT2D eigenvalue weighted by Gasteiger charge is -2.18. The number of nitrogens with one attached hydrogen (secondary N) is 1. The van der Waals surface area contributed by atoms with Gasteiger partial charge in [-0.25, -0.2) is 0 Å². The Balaban J connectivity index is 2.17. The van der Waals surface area contributed by atoms with Crippen LogP contribution in [0.1, 0.15) is 12.8 Å². The monoisotopic (exact) mass is 281 g/mol. The number of nitrogens with zero attached hydrogens (tertiary/aromatic N) is 2. The van der Waals surface area contributed by atoms with Crippen molar-refractivity contribution in [1.29, 1.82) is 0 Å². The summed E-state index contributed by atoms with van der Waals surface area (Å²) < 4.78 is 0. The predicted molar refractivity (Wildman–Crippen MR) is 76.1 cm³/mol. The van der Waals surface area contributed by atoms with Gasteiger partial charge in [0, 0.05) is 31.4 Å². The fourth-order valence-corrected chi connectivity index (χ4v) is 2.28. The van der Waals surface area contributed by atoms with Gasteiger partial charge in [-0.1, -0.05) is 0 Å². The van der Waals surface area contributed by atoms with Crippen LogP contribution in [-0.2, 0) is 0 Å². The Kier molecular flexibility index (Phi) is 4.75. The van der Waals surface area contributed by atoms with Crippen LogP contribution in [0.2, 0.25) is 0 Å². The molecule has 1 aliphatic rings. The van der Waals surface area contributed by atoms with E-state index in [4.69, 9.17) is 5.11 Å². The zero-order valence-corrected chi connectivity index (χ0v) is 11.2. The van der Waals surface area contributed by atoms with E-state index < -0.39 is 11.0 Å². The van der Waals surface area contributed by atoms with Crippen molar-refractivity contribution in [2.45, 2.75) is 18.9 Å². The molecular weight excluding hydrogens is 262 g/mol. The third kappa shape index (κ3) is 3.37. The van der Waals surface area contributed by atoms with Gasteiger partial charge in [0.05, 0.1) is 17.6 Å². The molecular formula is C13H19N3O4. The zero-order valence-electron chi connectivity index (χ0n) is 11.2. The molecule has 7 nitrogen and oxygen atoms in total. The molecule has 1 aromatic carbocycles. The third-order valence-electron chi connectivity index (χ3n) is 3.39. The molecule has 0 aromatic heterocycles. The number of anilines is 2. The number of benzene rings is 1.